The summed E-state index contributed by atoms with van der Waals surface area (Å²) in [6, 6.07) is 1.78. The van der Waals surface area contributed by atoms with Crippen LogP contribution in [-0.2, 0) is 4.79 Å². The Balaban J connectivity index is 2.87. The highest BCUT2D eigenvalue weighted by molar-refractivity contribution is 6.00. The molecule has 1 aromatic rings. The molecular weight excluding hydrogens is 220 g/mol. The summed E-state index contributed by atoms with van der Waals surface area (Å²) in [6.45, 7) is 4.28. The molecule has 0 unspecified atom stereocenters. The predicted octanol–water partition coefficient (Wildman–Crippen LogP) is 0.0369. The van der Waals surface area contributed by atoms with Gasteiger partial charge >= 0.3 is 0 Å². The van der Waals surface area contributed by atoms with Gasteiger partial charge < -0.3 is 16.4 Å². The lowest BCUT2D eigenvalue weighted by Crippen LogP contribution is -2.33. The van der Waals surface area contributed by atoms with Gasteiger partial charge in [0.1, 0.15) is 0 Å². The Morgan fingerprint density at radius 1 is 1.47 bits per heavy atom. The number of rotatable bonds is 5. The summed E-state index contributed by atoms with van der Waals surface area (Å²) >= 11 is 0. The van der Waals surface area contributed by atoms with Crippen molar-refractivity contribution in [2.45, 2.75) is 13.8 Å². The number of nitrogens with two attached hydrogens (primary N) is 1. The number of aromatic nitrogens is 1. The molecule has 0 aromatic carbocycles. The fourth-order valence-electron chi connectivity index (χ4n) is 1.34. The van der Waals surface area contributed by atoms with Crippen LogP contribution in [0.25, 0.3) is 0 Å². The van der Waals surface area contributed by atoms with Crippen molar-refractivity contribution in [2.24, 2.45) is 5.73 Å². The van der Waals surface area contributed by atoms with Crippen molar-refractivity contribution in [3.63, 3.8) is 0 Å². The minimum absolute atomic E-state index is 0.182. The van der Waals surface area contributed by atoms with Crippen LogP contribution in [0.15, 0.2) is 12.3 Å². The van der Waals surface area contributed by atoms with Crippen molar-refractivity contribution in [1.29, 1.82) is 0 Å². The molecular formula is C11H16N4O2. The molecule has 2 amide bonds. The Kier molecular flexibility index (Phi) is 4.45. The summed E-state index contributed by atoms with van der Waals surface area (Å²) in [7, 11) is 0. The Morgan fingerprint density at radius 2 is 2.18 bits per heavy atom. The number of primary amides is 1. The van der Waals surface area contributed by atoms with Crippen LogP contribution in [0.1, 0.15) is 23.0 Å². The number of pyridine rings is 1. The number of amides is 2. The standard InChI is InChI=1S/C11H16N4O2/c1-3-13-9-4-7(2)14-5-8(9)11(17)15-6-10(12)16/h4-5H,3,6H2,1-2H3,(H2,12,16)(H,13,14)(H,15,17). The van der Waals surface area contributed by atoms with E-state index in [1.807, 2.05) is 13.8 Å². The van der Waals surface area contributed by atoms with Crippen LogP contribution in [0.4, 0.5) is 5.69 Å². The van der Waals surface area contributed by atoms with Gasteiger partial charge in [-0.05, 0) is 19.9 Å². The molecule has 0 aliphatic rings. The molecule has 0 atom stereocenters. The van der Waals surface area contributed by atoms with E-state index in [2.05, 4.69) is 15.6 Å². The van der Waals surface area contributed by atoms with Crippen molar-refractivity contribution in [3.8, 4) is 0 Å². The fourth-order valence-corrected chi connectivity index (χ4v) is 1.34. The number of carbonyl (C=O) groups is 2. The van der Waals surface area contributed by atoms with E-state index in [0.29, 0.717) is 17.8 Å². The summed E-state index contributed by atoms with van der Waals surface area (Å²) in [5.74, 6) is -0.948. The van der Waals surface area contributed by atoms with E-state index < -0.39 is 5.91 Å². The fraction of sp³-hybridized carbons (Fsp3) is 0.364. The molecule has 0 spiro atoms. The molecule has 0 bridgehead atoms. The largest absolute Gasteiger partial charge is 0.385 e. The smallest absolute Gasteiger partial charge is 0.255 e. The number of hydrogen-bond acceptors (Lipinski definition) is 4. The molecule has 92 valence electrons. The summed E-state index contributed by atoms with van der Waals surface area (Å²) in [5, 5.41) is 5.49. The first-order chi connectivity index (χ1) is 8.04. The van der Waals surface area contributed by atoms with Gasteiger partial charge in [-0.2, -0.15) is 0 Å². The van der Waals surface area contributed by atoms with E-state index in [4.69, 9.17) is 5.73 Å². The van der Waals surface area contributed by atoms with Gasteiger partial charge in [-0.3, -0.25) is 14.6 Å². The number of nitrogens with one attached hydrogen (secondary N) is 2. The zero-order valence-electron chi connectivity index (χ0n) is 9.91. The highest BCUT2D eigenvalue weighted by Gasteiger charge is 2.12. The monoisotopic (exact) mass is 236 g/mol. The molecule has 0 aliphatic carbocycles. The molecule has 4 N–H and O–H groups in total. The van der Waals surface area contributed by atoms with Crippen LogP contribution in [0, 0.1) is 6.92 Å². The SMILES string of the molecule is CCNc1cc(C)ncc1C(=O)NCC(N)=O. The van der Waals surface area contributed by atoms with Crippen LogP contribution in [-0.4, -0.2) is 29.9 Å². The molecule has 6 heteroatoms. The molecule has 1 rings (SSSR count). The minimum Gasteiger partial charge on any atom is -0.385 e. The summed E-state index contributed by atoms with van der Waals surface area (Å²) in [4.78, 5) is 26.4. The Morgan fingerprint density at radius 3 is 2.76 bits per heavy atom. The van der Waals surface area contributed by atoms with E-state index in [0.717, 1.165) is 5.69 Å². The number of aryl methyl sites for hydroxylation is 1. The lowest BCUT2D eigenvalue weighted by Gasteiger charge is -2.10. The average Bonchev–Trinajstić information content (AvgIpc) is 2.26. The van der Waals surface area contributed by atoms with Gasteiger partial charge in [0, 0.05) is 18.4 Å². The van der Waals surface area contributed by atoms with Crippen molar-refractivity contribution in [1.82, 2.24) is 10.3 Å². The highest BCUT2D eigenvalue weighted by atomic mass is 16.2. The second-order valence-electron chi connectivity index (χ2n) is 3.55. The molecule has 6 nitrogen and oxygen atoms in total. The molecule has 0 saturated heterocycles. The van der Waals surface area contributed by atoms with Gasteiger partial charge in [0.25, 0.3) is 5.91 Å². The average molecular weight is 236 g/mol. The predicted molar refractivity (Wildman–Crippen MR) is 64.7 cm³/mol. The molecule has 1 aromatic heterocycles. The zero-order valence-corrected chi connectivity index (χ0v) is 9.91. The zero-order chi connectivity index (χ0) is 12.8. The maximum atomic E-state index is 11.8. The van der Waals surface area contributed by atoms with Crippen LogP contribution >= 0.6 is 0 Å². The molecule has 0 fully saturated rings. The quantitative estimate of drug-likeness (QED) is 0.672. The normalized spacial score (nSPS) is 9.76. The number of hydrogen-bond donors (Lipinski definition) is 3. The minimum atomic E-state index is -0.580. The molecule has 0 radical (unpaired) electrons. The second-order valence-corrected chi connectivity index (χ2v) is 3.55. The van der Waals surface area contributed by atoms with E-state index >= 15 is 0 Å². The van der Waals surface area contributed by atoms with Crippen molar-refractivity contribution in [2.75, 3.05) is 18.4 Å². The third-order valence-electron chi connectivity index (χ3n) is 2.08. The van der Waals surface area contributed by atoms with Crippen LogP contribution in [0.5, 0.6) is 0 Å². The summed E-state index contributed by atoms with van der Waals surface area (Å²) in [5.41, 5.74) is 6.87. The lowest BCUT2D eigenvalue weighted by molar-refractivity contribution is -0.117. The van der Waals surface area contributed by atoms with Crippen molar-refractivity contribution < 1.29 is 9.59 Å². The Bertz CT molecular complexity index is 431. The van der Waals surface area contributed by atoms with E-state index in [1.165, 1.54) is 6.20 Å². The maximum absolute atomic E-state index is 11.8. The number of anilines is 1. The maximum Gasteiger partial charge on any atom is 0.255 e. The number of carbonyl (C=O) groups excluding carboxylic acids is 2. The van der Waals surface area contributed by atoms with Gasteiger partial charge in [0.15, 0.2) is 0 Å². The van der Waals surface area contributed by atoms with Crippen LogP contribution in [0.3, 0.4) is 0 Å². The van der Waals surface area contributed by atoms with Gasteiger partial charge in [0.2, 0.25) is 5.91 Å². The van der Waals surface area contributed by atoms with Gasteiger partial charge in [0.05, 0.1) is 17.8 Å². The first-order valence-electron chi connectivity index (χ1n) is 5.31. The van der Waals surface area contributed by atoms with E-state index in [-0.39, 0.29) is 12.5 Å². The first-order valence-corrected chi connectivity index (χ1v) is 5.31. The molecule has 1 heterocycles. The van der Waals surface area contributed by atoms with E-state index in [1.54, 1.807) is 6.07 Å². The lowest BCUT2D eigenvalue weighted by atomic mass is 10.2. The Labute approximate surface area is 99.6 Å². The third kappa shape index (κ3) is 3.75. The molecule has 17 heavy (non-hydrogen) atoms. The molecule has 0 aliphatic heterocycles. The highest BCUT2D eigenvalue weighted by Crippen LogP contribution is 2.15. The van der Waals surface area contributed by atoms with Crippen molar-refractivity contribution >= 4 is 17.5 Å². The topological polar surface area (TPSA) is 97.1 Å². The van der Waals surface area contributed by atoms with Crippen molar-refractivity contribution in [3.05, 3.63) is 23.5 Å². The van der Waals surface area contributed by atoms with Crippen LogP contribution < -0.4 is 16.4 Å². The van der Waals surface area contributed by atoms with Gasteiger partial charge in [-0.15, -0.1) is 0 Å². The van der Waals surface area contributed by atoms with E-state index in [9.17, 15) is 9.59 Å². The Hall–Kier alpha value is -2.11. The number of nitrogens with zero attached hydrogens (tertiary/aromatic N) is 1. The molecule has 0 saturated carbocycles. The van der Waals surface area contributed by atoms with Gasteiger partial charge in [-0.1, -0.05) is 0 Å². The summed E-state index contributed by atoms with van der Waals surface area (Å²) in [6.07, 6.45) is 1.48. The summed E-state index contributed by atoms with van der Waals surface area (Å²) < 4.78 is 0. The first kappa shape index (κ1) is 13.0. The second kappa shape index (κ2) is 5.83. The third-order valence-corrected chi connectivity index (χ3v) is 2.08. The van der Waals surface area contributed by atoms with Gasteiger partial charge in [-0.25, -0.2) is 0 Å². The van der Waals surface area contributed by atoms with Crippen LogP contribution in [0.2, 0.25) is 0 Å².